The van der Waals surface area contributed by atoms with Gasteiger partial charge in [0.2, 0.25) is 5.82 Å². The maximum atomic E-state index is 11.7. The molecular formula is C19H17ClN4O2S. The lowest BCUT2D eigenvalue weighted by Crippen LogP contribution is -2.03. The van der Waals surface area contributed by atoms with Gasteiger partial charge in [-0.05, 0) is 47.9 Å². The van der Waals surface area contributed by atoms with Gasteiger partial charge >= 0.3 is 5.69 Å². The molecule has 0 radical (unpaired) electrons. The highest BCUT2D eigenvalue weighted by Crippen LogP contribution is 2.37. The molecule has 0 unspecified atom stereocenters. The highest BCUT2D eigenvalue weighted by molar-refractivity contribution is 7.99. The molecule has 0 aliphatic rings. The largest absolute Gasteiger partial charge is 0.343 e. The Labute approximate surface area is 166 Å². The molecule has 0 aliphatic carbocycles. The van der Waals surface area contributed by atoms with E-state index in [2.05, 4.69) is 29.1 Å². The van der Waals surface area contributed by atoms with Crippen molar-refractivity contribution in [1.29, 1.82) is 0 Å². The molecule has 3 aromatic rings. The van der Waals surface area contributed by atoms with E-state index in [0.717, 1.165) is 10.6 Å². The lowest BCUT2D eigenvalue weighted by atomic mass is 10.0. The summed E-state index contributed by atoms with van der Waals surface area (Å²) in [4.78, 5) is 20.2. The van der Waals surface area contributed by atoms with Crippen molar-refractivity contribution < 1.29 is 4.92 Å². The molecule has 138 valence electrons. The van der Waals surface area contributed by atoms with Crippen LogP contribution in [0, 0.1) is 10.1 Å². The fourth-order valence-corrected chi connectivity index (χ4v) is 3.38. The van der Waals surface area contributed by atoms with Crippen LogP contribution in [-0.2, 0) is 0 Å². The zero-order valence-corrected chi connectivity index (χ0v) is 16.3. The molecule has 0 atom stereocenters. The highest BCUT2D eigenvalue weighted by Gasteiger charge is 2.24. The molecule has 0 amide bonds. The number of nitrogens with one attached hydrogen (secondary N) is 1. The first kappa shape index (κ1) is 19.1. The van der Waals surface area contributed by atoms with E-state index in [9.17, 15) is 10.1 Å². The highest BCUT2D eigenvalue weighted by atomic mass is 35.5. The molecule has 8 heteroatoms. The summed E-state index contributed by atoms with van der Waals surface area (Å²) in [5, 5.41) is 15.6. The lowest BCUT2D eigenvalue weighted by Gasteiger charge is -2.10. The second-order valence-electron chi connectivity index (χ2n) is 6.09. The van der Waals surface area contributed by atoms with Crippen molar-refractivity contribution in [3.8, 4) is 0 Å². The van der Waals surface area contributed by atoms with E-state index in [0.29, 0.717) is 10.9 Å². The van der Waals surface area contributed by atoms with Gasteiger partial charge in [0.1, 0.15) is 6.33 Å². The quantitative estimate of drug-likeness (QED) is 0.308. The molecule has 2 aromatic carbocycles. The molecule has 0 saturated heterocycles. The smallest absolute Gasteiger partial charge is 0.334 e. The maximum Gasteiger partial charge on any atom is 0.343 e. The van der Waals surface area contributed by atoms with Gasteiger partial charge in [-0.25, -0.2) is 9.97 Å². The second-order valence-corrected chi connectivity index (χ2v) is 7.59. The Bertz CT molecular complexity index is 947. The summed E-state index contributed by atoms with van der Waals surface area (Å²) < 4.78 is 0. The number of anilines is 2. The van der Waals surface area contributed by atoms with E-state index in [-0.39, 0.29) is 16.5 Å². The average molecular weight is 401 g/mol. The van der Waals surface area contributed by atoms with E-state index in [1.165, 1.54) is 23.7 Å². The van der Waals surface area contributed by atoms with E-state index in [1.54, 1.807) is 24.3 Å². The Morgan fingerprint density at radius 2 is 1.74 bits per heavy atom. The van der Waals surface area contributed by atoms with Crippen LogP contribution in [0.3, 0.4) is 0 Å². The number of benzene rings is 2. The number of nitrogens with zero attached hydrogens (tertiary/aromatic N) is 3. The van der Waals surface area contributed by atoms with Gasteiger partial charge in [-0.15, -0.1) is 0 Å². The average Bonchev–Trinajstić information content (AvgIpc) is 2.64. The fraction of sp³-hybridized carbons (Fsp3) is 0.158. The van der Waals surface area contributed by atoms with Crippen molar-refractivity contribution in [3.63, 3.8) is 0 Å². The minimum absolute atomic E-state index is 0.156. The maximum absolute atomic E-state index is 11.7. The van der Waals surface area contributed by atoms with E-state index in [4.69, 9.17) is 11.6 Å². The summed E-state index contributed by atoms with van der Waals surface area (Å²) in [6, 6.07) is 14.8. The van der Waals surface area contributed by atoms with Gasteiger partial charge in [0.25, 0.3) is 0 Å². The van der Waals surface area contributed by atoms with Gasteiger partial charge in [0.15, 0.2) is 5.03 Å². The molecule has 0 saturated carbocycles. The molecule has 0 bridgehead atoms. The van der Waals surface area contributed by atoms with Gasteiger partial charge in [-0.2, -0.15) is 0 Å². The molecule has 3 rings (SSSR count). The predicted molar refractivity (Wildman–Crippen MR) is 108 cm³/mol. The monoisotopic (exact) mass is 400 g/mol. The third kappa shape index (κ3) is 4.75. The van der Waals surface area contributed by atoms with Crippen molar-refractivity contribution in [3.05, 3.63) is 75.6 Å². The number of nitro groups is 1. The van der Waals surface area contributed by atoms with E-state index in [1.807, 2.05) is 24.3 Å². The fourth-order valence-electron chi connectivity index (χ4n) is 2.40. The number of halogens is 1. The molecule has 0 fully saturated rings. The number of hydrogen-bond donors (Lipinski definition) is 1. The number of hydrogen-bond acceptors (Lipinski definition) is 6. The normalized spacial score (nSPS) is 10.8. The topological polar surface area (TPSA) is 81.0 Å². The third-order valence-corrected chi connectivity index (χ3v) is 5.09. The Kier molecular flexibility index (Phi) is 5.93. The zero-order valence-electron chi connectivity index (χ0n) is 14.7. The Morgan fingerprint density at radius 1 is 1.07 bits per heavy atom. The summed E-state index contributed by atoms with van der Waals surface area (Å²) in [6.07, 6.45) is 1.32. The van der Waals surface area contributed by atoms with Crippen LogP contribution >= 0.6 is 23.4 Å². The van der Waals surface area contributed by atoms with Crippen LogP contribution in [0.1, 0.15) is 25.3 Å². The molecule has 6 nitrogen and oxygen atoms in total. The van der Waals surface area contributed by atoms with Gasteiger partial charge < -0.3 is 5.32 Å². The molecule has 1 aromatic heterocycles. The van der Waals surface area contributed by atoms with E-state index >= 15 is 0 Å². The molecule has 1 N–H and O–H groups in total. The summed E-state index contributed by atoms with van der Waals surface area (Å²) in [5.41, 5.74) is 1.76. The van der Waals surface area contributed by atoms with Crippen LogP contribution in [0.2, 0.25) is 5.02 Å². The van der Waals surface area contributed by atoms with Crippen LogP contribution in [0.4, 0.5) is 17.2 Å². The minimum atomic E-state index is -0.469. The van der Waals surface area contributed by atoms with Gasteiger partial charge in [0, 0.05) is 15.6 Å². The lowest BCUT2D eigenvalue weighted by molar-refractivity contribution is -0.387. The Morgan fingerprint density at radius 3 is 2.33 bits per heavy atom. The van der Waals surface area contributed by atoms with Crippen molar-refractivity contribution in [2.45, 2.75) is 29.7 Å². The zero-order chi connectivity index (χ0) is 19.4. The van der Waals surface area contributed by atoms with Crippen LogP contribution in [0.15, 0.2) is 64.8 Å². The van der Waals surface area contributed by atoms with Crippen molar-refractivity contribution in [2.75, 3.05) is 5.32 Å². The van der Waals surface area contributed by atoms with Gasteiger partial charge in [-0.1, -0.05) is 49.3 Å². The first-order chi connectivity index (χ1) is 12.9. The number of rotatable bonds is 6. The van der Waals surface area contributed by atoms with Crippen LogP contribution in [0.5, 0.6) is 0 Å². The molecule has 0 aliphatic heterocycles. The SMILES string of the molecule is CC(C)c1ccc(Nc2ncnc(Sc3ccc(Cl)cc3)c2[N+](=O)[O-])cc1. The summed E-state index contributed by atoms with van der Waals surface area (Å²) >= 11 is 7.08. The summed E-state index contributed by atoms with van der Waals surface area (Å²) in [7, 11) is 0. The van der Waals surface area contributed by atoms with Crippen molar-refractivity contribution in [2.24, 2.45) is 0 Å². The molecule has 0 spiro atoms. The van der Waals surface area contributed by atoms with E-state index < -0.39 is 4.92 Å². The third-order valence-electron chi connectivity index (χ3n) is 3.84. The molecule has 1 heterocycles. The predicted octanol–water partition coefficient (Wildman–Crippen LogP) is 6.06. The standard InChI is InChI=1S/C19H17ClN4O2S/c1-12(2)13-3-7-15(8-4-13)23-18-17(24(25)26)19(22-11-21-18)27-16-9-5-14(20)6-10-16/h3-12H,1-2H3,(H,21,22,23). The molecular weight excluding hydrogens is 384 g/mol. The van der Waals surface area contributed by atoms with Crippen molar-refractivity contribution in [1.82, 2.24) is 9.97 Å². The van der Waals surface area contributed by atoms with Gasteiger partial charge in [-0.3, -0.25) is 10.1 Å². The van der Waals surface area contributed by atoms with Gasteiger partial charge in [0.05, 0.1) is 4.92 Å². The molecule has 27 heavy (non-hydrogen) atoms. The summed E-state index contributed by atoms with van der Waals surface area (Å²) in [6.45, 7) is 4.22. The Balaban J connectivity index is 1.91. The van der Waals surface area contributed by atoms with Crippen LogP contribution < -0.4 is 5.32 Å². The minimum Gasteiger partial charge on any atom is -0.334 e. The number of aromatic nitrogens is 2. The second kappa shape index (κ2) is 8.37. The summed E-state index contributed by atoms with van der Waals surface area (Å²) in [5.74, 6) is 0.568. The van der Waals surface area contributed by atoms with Crippen LogP contribution in [0.25, 0.3) is 0 Å². The first-order valence-corrected chi connectivity index (χ1v) is 9.43. The Hall–Kier alpha value is -2.64. The van der Waals surface area contributed by atoms with Crippen LogP contribution in [-0.4, -0.2) is 14.9 Å². The first-order valence-electron chi connectivity index (χ1n) is 8.24. The van der Waals surface area contributed by atoms with Crippen molar-refractivity contribution >= 4 is 40.6 Å².